The van der Waals surface area contributed by atoms with Gasteiger partial charge in [-0.1, -0.05) is 25.5 Å². The highest BCUT2D eigenvalue weighted by molar-refractivity contribution is 7.92. The van der Waals surface area contributed by atoms with Crippen molar-refractivity contribution < 1.29 is 22.7 Å². The molecule has 0 fully saturated rings. The Morgan fingerprint density at radius 3 is 2.13 bits per heavy atom. The molecule has 1 N–H and O–H groups in total. The van der Waals surface area contributed by atoms with Gasteiger partial charge >= 0.3 is 0 Å². The topological polar surface area (TPSA) is 84.9 Å². The Hall–Kier alpha value is -2.74. The molecule has 164 valence electrons. The zero-order valence-corrected chi connectivity index (χ0v) is 19.0. The summed E-state index contributed by atoms with van der Waals surface area (Å²) in [7, 11) is -0.682. The van der Waals surface area contributed by atoms with Gasteiger partial charge in [-0.3, -0.25) is 9.10 Å². The number of nitrogens with one attached hydrogen (secondary N) is 1. The van der Waals surface area contributed by atoms with Gasteiger partial charge in [0.15, 0.2) is 11.5 Å². The molecule has 0 saturated carbocycles. The number of amides is 1. The van der Waals surface area contributed by atoms with Gasteiger partial charge in [0.25, 0.3) is 5.91 Å². The maximum absolute atomic E-state index is 13.1. The maximum atomic E-state index is 13.1. The molecule has 1 amide bonds. The summed E-state index contributed by atoms with van der Waals surface area (Å²) in [5.41, 5.74) is 2.24. The van der Waals surface area contributed by atoms with Crippen molar-refractivity contribution in [3.8, 4) is 11.5 Å². The Morgan fingerprint density at radius 1 is 1.03 bits per heavy atom. The number of benzene rings is 2. The second kappa shape index (κ2) is 10.3. The predicted molar refractivity (Wildman–Crippen MR) is 120 cm³/mol. The van der Waals surface area contributed by atoms with Crippen LogP contribution >= 0.6 is 0 Å². The molecule has 7 nitrogen and oxygen atoms in total. The number of ether oxygens (including phenoxy) is 2. The summed E-state index contributed by atoms with van der Waals surface area (Å²) in [6.45, 7) is 4.01. The summed E-state index contributed by atoms with van der Waals surface area (Å²) >= 11 is 0. The zero-order chi connectivity index (χ0) is 22.3. The van der Waals surface area contributed by atoms with Crippen LogP contribution in [0.2, 0.25) is 0 Å². The van der Waals surface area contributed by atoms with Gasteiger partial charge in [0.1, 0.15) is 0 Å². The van der Waals surface area contributed by atoms with Crippen LogP contribution in [-0.4, -0.2) is 41.3 Å². The van der Waals surface area contributed by atoms with Crippen molar-refractivity contribution in [1.29, 1.82) is 0 Å². The lowest BCUT2D eigenvalue weighted by molar-refractivity contribution is 0.102. The summed E-state index contributed by atoms with van der Waals surface area (Å²) in [6.07, 6.45) is 4.32. The highest BCUT2D eigenvalue weighted by Gasteiger charge is 2.25. The molecular weight excluding hydrogens is 404 g/mol. The minimum atomic E-state index is -3.60. The number of sulfonamides is 1. The fourth-order valence-corrected chi connectivity index (χ4v) is 4.15. The van der Waals surface area contributed by atoms with Crippen LogP contribution in [0.25, 0.3) is 0 Å². The minimum absolute atomic E-state index is 0.167. The fourth-order valence-electron chi connectivity index (χ4n) is 3.17. The van der Waals surface area contributed by atoms with Crippen molar-refractivity contribution in [2.45, 2.75) is 33.1 Å². The van der Waals surface area contributed by atoms with Crippen LogP contribution < -0.4 is 19.1 Å². The molecule has 0 aromatic heterocycles. The van der Waals surface area contributed by atoms with Gasteiger partial charge in [-0.15, -0.1) is 0 Å². The summed E-state index contributed by atoms with van der Waals surface area (Å²) in [5, 5.41) is 2.84. The molecule has 0 atom stereocenters. The Kier molecular flexibility index (Phi) is 8.11. The molecule has 0 aliphatic rings. The first kappa shape index (κ1) is 23.5. The normalized spacial score (nSPS) is 11.1. The lowest BCUT2D eigenvalue weighted by Crippen LogP contribution is -2.31. The van der Waals surface area contributed by atoms with Crippen molar-refractivity contribution in [1.82, 2.24) is 0 Å². The van der Waals surface area contributed by atoms with E-state index < -0.39 is 15.9 Å². The third kappa shape index (κ3) is 5.66. The maximum Gasteiger partial charge on any atom is 0.257 e. The molecule has 0 radical (unpaired) electrons. The number of anilines is 2. The SMILES string of the molecule is CCCCc1ccc(NC(=O)c2cc(OC)c(OC)cc2N(CC)S(C)(=O)=O)cc1. The number of aryl methyl sites for hydroxylation is 1. The Balaban J connectivity index is 2.43. The molecule has 8 heteroatoms. The van der Waals surface area contributed by atoms with Gasteiger partial charge in [0.2, 0.25) is 10.0 Å². The monoisotopic (exact) mass is 434 g/mol. The van der Waals surface area contributed by atoms with Crippen LogP contribution in [0.5, 0.6) is 11.5 Å². The van der Waals surface area contributed by atoms with E-state index >= 15 is 0 Å². The Morgan fingerprint density at radius 2 is 1.63 bits per heavy atom. The first-order chi connectivity index (χ1) is 14.2. The van der Waals surface area contributed by atoms with E-state index in [1.54, 1.807) is 6.92 Å². The van der Waals surface area contributed by atoms with Gasteiger partial charge in [0, 0.05) is 18.3 Å². The number of hydrogen-bond donors (Lipinski definition) is 1. The minimum Gasteiger partial charge on any atom is -0.493 e. The second-order valence-electron chi connectivity index (χ2n) is 6.91. The van der Waals surface area contributed by atoms with Gasteiger partial charge < -0.3 is 14.8 Å². The van der Waals surface area contributed by atoms with Crippen molar-refractivity contribution in [3.63, 3.8) is 0 Å². The number of unbranched alkanes of at least 4 members (excludes halogenated alkanes) is 1. The predicted octanol–water partition coefficient (Wildman–Crippen LogP) is 4.08. The van der Waals surface area contributed by atoms with Crippen LogP contribution in [0, 0.1) is 0 Å². The molecule has 0 heterocycles. The number of carbonyl (C=O) groups excluding carboxylic acids is 1. The number of rotatable bonds is 10. The molecule has 2 aromatic carbocycles. The highest BCUT2D eigenvalue weighted by Crippen LogP contribution is 2.36. The van der Waals surface area contributed by atoms with Crippen molar-refractivity contribution in [2.75, 3.05) is 36.6 Å². The van der Waals surface area contributed by atoms with Gasteiger partial charge in [0.05, 0.1) is 31.7 Å². The fraction of sp³-hybridized carbons (Fsp3) is 0.409. The first-order valence-corrected chi connectivity index (χ1v) is 11.7. The average Bonchev–Trinajstić information content (AvgIpc) is 2.72. The zero-order valence-electron chi connectivity index (χ0n) is 18.2. The molecule has 30 heavy (non-hydrogen) atoms. The third-order valence-corrected chi connectivity index (χ3v) is 5.99. The van der Waals surface area contributed by atoms with E-state index in [0.717, 1.165) is 29.8 Å². The number of nitrogens with zero attached hydrogens (tertiary/aromatic N) is 1. The number of hydrogen-bond acceptors (Lipinski definition) is 5. The average molecular weight is 435 g/mol. The second-order valence-corrected chi connectivity index (χ2v) is 8.81. The molecule has 0 unspecified atom stereocenters. The molecule has 0 saturated heterocycles. The quantitative estimate of drug-likeness (QED) is 0.609. The van der Waals surface area contributed by atoms with Gasteiger partial charge in [-0.2, -0.15) is 0 Å². The lowest BCUT2D eigenvalue weighted by atomic mass is 10.1. The van der Waals surface area contributed by atoms with E-state index in [9.17, 15) is 13.2 Å². The van der Waals surface area contributed by atoms with Crippen LogP contribution in [-0.2, 0) is 16.4 Å². The summed E-state index contributed by atoms with van der Waals surface area (Å²) in [4.78, 5) is 13.1. The first-order valence-electron chi connectivity index (χ1n) is 9.89. The Labute approximate surface area is 179 Å². The van der Waals surface area contributed by atoms with E-state index in [1.165, 1.54) is 31.9 Å². The van der Waals surface area contributed by atoms with E-state index in [0.29, 0.717) is 17.2 Å². The number of carbonyl (C=O) groups is 1. The molecule has 2 rings (SSSR count). The summed E-state index contributed by atoms with van der Waals surface area (Å²) < 4.78 is 36.4. The lowest BCUT2D eigenvalue weighted by Gasteiger charge is -2.24. The van der Waals surface area contributed by atoms with E-state index in [4.69, 9.17) is 9.47 Å². The highest BCUT2D eigenvalue weighted by atomic mass is 32.2. The molecule has 0 spiro atoms. The van der Waals surface area contributed by atoms with Gasteiger partial charge in [-0.05, 0) is 43.5 Å². The van der Waals surface area contributed by atoms with Crippen LogP contribution in [0.3, 0.4) is 0 Å². The van der Waals surface area contributed by atoms with Crippen molar-refractivity contribution >= 4 is 27.3 Å². The van der Waals surface area contributed by atoms with Crippen LogP contribution in [0.1, 0.15) is 42.6 Å². The van der Waals surface area contributed by atoms with E-state index in [-0.39, 0.29) is 17.8 Å². The molecule has 0 bridgehead atoms. The van der Waals surface area contributed by atoms with Gasteiger partial charge in [-0.25, -0.2) is 8.42 Å². The standard InChI is InChI=1S/C22H30N2O5S/c1-6-8-9-16-10-12-17(13-11-16)23-22(25)18-14-20(28-3)21(29-4)15-19(18)24(7-2)30(5,26)27/h10-15H,6-9H2,1-5H3,(H,23,25). The van der Waals surface area contributed by atoms with E-state index in [1.807, 2.05) is 24.3 Å². The summed E-state index contributed by atoms with van der Waals surface area (Å²) in [5.74, 6) is 0.242. The molecule has 0 aliphatic carbocycles. The molecule has 0 aliphatic heterocycles. The largest absolute Gasteiger partial charge is 0.493 e. The van der Waals surface area contributed by atoms with Crippen LogP contribution in [0.15, 0.2) is 36.4 Å². The molecular formula is C22H30N2O5S. The van der Waals surface area contributed by atoms with E-state index in [2.05, 4.69) is 12.2 Å². The smallest absolute Gasteiger partial charge is 0.257 e. The Bertz CT molecular complexity index is 972. The summed E-state index contributed by atoms with van der Waals surface area (Å²) in [6, 6.07) is 10.7. The van der Waals surface area contributed by atoms with Crippen molar-refractivity contribution in [3.05, 3.63) is 47.5 Å². The third-order valence-electron chi connectivity index (χ3n) is 4.73. The number of methoxy groups -OCH3 is 2. The van der Waals surface area contributed by atoms with Crippen molar-refractivity contribution in [2.24, 2.45) is 0 Å². The van der Waals surface area contributed by atoms with Crippen LogP contribution in [0.4, 0.5) is 11.4 Å². The molecule has 2 aromatic rings.